The zero-order valence-corrected chi connectivity index (χ0v) is 23.9. The molecule has 42 heavy (non-hydrogen) atoms. The molecule has 3 N–H and O–H groups in total. The quantitative estimate of drug-likeness (QED) is 0.393. The number of rotatable bonds is 6. The lowest BCUT2D eigenvalue weighted by Gasteiger charge is -2.36. The van der Waals surface area contributed by atoms with E-state index in [4.69, 9.17) is 4.74 Å². The molecule has 0 aliphatic heterocycles. The number of hydrogen-bond acceptors (Lipinski definition) is 8. The van der Waals surface area contributed by atoms with Gasteiger partial charge in [-0.15, -0.1) is 0 Å². The van der Waals surface area contributed by atoms with Crippen molar-refractivity contribution in [3.05, 3.63) is 46.5 Å². The van der Waals surface area contributed by atoms with Crippen LogP contribution < -0.4 is 21.1 Å². The minimum Gasteiger partial charge on any atom is -0.443 e. The highest BCUT2D eigenvalue weighted by atomic mass is 19.3. The predicted octanol–water partition coefficient (Wildman–Crippen LogP) is 4.01. The van der Waals surface area contributed by atoms with Crippen LogP contribution >= 0.6 is 0 Å². The first kappa shape index (κ1) is 29.4. The zero-order valence-electron chi connectivity index (χ0n) is 23.9. The Hall–Kier alpha value is -4.07. The lowest BCUT2D eigenvalue weighted by Crippen LogP contribution is -2.41. The number of carbonyl (C=O) groups is 2. The van der Waals surface area contributed by atoms with Crippen LogP contribution in [0, 0.1) is 0 Å². The molecule has 3 aromatic rings. The third kappa shape index (κ3) is 6.22. The summed E-state index contributed by atoms with van der Waals surface area (Å²) in [5, 5.41) is 20.2. The van der Waals surface area contributed by atoms with Gasteiger partial charge in [0.2, 0.25) is 0 Å². The molecule has 5 rings (SSSR count). The van der Waals surface area contributed by atoms with E-state index in [0.717, 1.165) is 12.8 Å². The lowest BCUT2D eigenvalue weighted by atomic mass is 9.88. The molecule has 3 aromatic heterocycles. The van der Waals surface area contributed by atoms with Crippen LogP contribution in [0.1, 0.15) is 75.7 Å². The predicted molar refractivity (Wildman–Crippen MR) is 151 cm³/mol. The molecule has 0 spiro atoms. The molecule has 14 heteroatoms. The Labute approximate surface area is 240 Å². The summed E-state index contributed by atoms with van der Waals surface area (Å²) in [4.78, 5) is 45.2. The number of alkyl halides is 2. The third-order valence-corrected chi connectivity index (χ3v) is 7.39. The van der Waals surface area contributed by atoms with Crippen molar-refractivity contribution in [1.29, 1.82) is 0 Å². The summed E-state index contributed by atoms with van der Waals surface area (Å²) in [5.41, 5.74) is -0.985. The van der Waals surface area contributed by atoms with Gasteiger partial charge in [-0.2, -0.15) is 9.61 Å². The first-order valence-corrected chi connectivity index (χ1v) is 13.9. The molecule has 0 aromatic carbocycles. The van der Waals surface area contributed by atoms with E-state index < -0.39 is 54.1 Å². The standard InChI is InChI=1S/C28H35F2N7O5/c1-27(2,3)42-26(41)35(4)22-12-21(33-20-9-6-10-36(25(20)40)17-13-28(29,30)14-17)34-23-19(15-31-37(22)23)24(39)32-16-7-5-8-18(38)11-16/h6,9-10,12,15-18,38H,5,7-8,11,13-14H2,1-4H3,(H,32,39)(H,33,34)/t16-,18-/m0/s1. The van der Waals surface area contributed by atoms with Crippen molar-refractivity contribution in [3.8, 4) is 0 Å². The highest BCUT2D eigenvalue weighted by Gasteiger charge is 2.46. The fourth-order valence-corrected chi connectivity index (χ4v) is 5.25. The molecular formula is C28H35F2N7O5. The summed E-state index contributed by atoms with van der Waals surface area (Å²) in [6.07, 6.45) is 3.41. The SMILES string of the molecule is CN(C(=O)OC(C)(C)C)c1cc(Nc2cccn(C3CC(F)(F)C3)c2=O)nc2c(C(=O)N[C@H]3CCC[C@H](O)C3)cnn12. The van der Waals surface area contributed by atoms with Gasteiger partial charge in [-0.05, 0) is 58.6 Å². The van der Waals surface area contributed by atoms with Crippen molar-refractivity contribution in [2.75, 3.05) is 17.3 Å². The van der Waals surface area contributed by atoms with Crippen LogP contribution in [0.5, 0.6) is 0 Å². The number of aliphatic hydroxyl groups excluding tert-OH is 1. The second-order valence-electron chi connectivity index (χ2n) is 12.0. The summed E-state index contributed by atoms with van der Waals surface area (Å²) in [6.45, 7) is 5.18. The van der Waals surface area contributed by atoms with Gasteiger partial charge in [0.25, 0.3) is 17.4 Å². The molecule has 2 aliphatic carbocycles. The smallest absolute Gasteiger partial charge is 0.415 e. The number of ether oxygens (including phenoxy) is 1. The summed E-state index contributed by atoms with van der Waals surface area (Å²) in [7, 11) is 1.48. The summed E-state index contributed by atoms with van der Waals surface area (Å²) in [6, 6.07) is 3.70. The topological polar surface area (TPSA) is 143 Å². The van der Waals surface area contributed by atoms with Crippen LogP contribution in [-0.4, -0.2) is 67.0 Å². The molecule has 2 atom stereocenters. The van der Waals surface area contributed by atoms with Crippen molar-refractivity contribution in [2.24, 2.45) is 0 Å². The molecule has 2 fully saturated rings. The summed E-state index contributed by atoms with van der Waals surface area (Å²) in [5.74, 6) is -2.94. The van der Waals surface area contributed by atoms with Crippen LogP contribution in [-0.2, 0) is 4.74 Å². The first-order chi connectivity index (χ1) is 19.7. The molecule has 226 valence electrons. The van der Waals surface area contributed by atoms with Crippen LogP contribution in [0.25, 0.3) is 5.65 Å². The summed E-state index contributed by atoms with van der Waals surface area (Å²) < 4.78 is 35.1. The Bertz CT molecular complexity index is 1560. The average molecular weight is 588 g/mol. The number of anilines is 3. The first-order valence-electron chi connectivity index (χ1n) is 13.9. The van der Waals surface area contributed by atoms with E-state index in [0.29, 0.717) is 12.8 Å². The normalized spacial score (nSPS) is 20.5. The van der Waals surface area contributed by atoms with Crippen LogP contribution in [0.3, 0.4) is 0 Å². The highest BCUT2D eigenvalue weighted by Crippen LogP contribution is 2.44. The fraction of sp³-hybridized carbons (Fsp3) is 0.536. The number of carbonyl (C=O) groups excluding carboxylic acids is 2. The van der Waals surface area contributed by atoms with Gasteiger partial charge in [0.1, 0.15) is 28.5 Å². The number of nitrogens with zero attached hydrogens (tertiary/aromatic N) is 5. The molecular weight excluding hydrogens is 552 g/mol. The lowest BCUT2D eigenvalue weighted by molar-refractivity contribution is -0.104. The Morgan fingerprint density at radius 2 is 1.98 bits per heavy atom. The second kappa shape index (κ2) is 11.0. The molecule has 2 saturated carbocycles. The van der Waals surface area contributed by atoms with Gasteiger partial charge in [-0.1, -0.05) is 0 Å². The van der Waals surface area contributed by atoms with E-state index in [9.17, 15) is 28.3 Å². The molecule has 2 amide bonds. The molecule has 2 aliphatic rings. The number of fused-ring (bicyclic) bond motifs is 1. The van der Waals surface area contributed by atoms with Gasteiger partial charge in [-0.3, -0.25) is 14.5 Å². The van der Waals surface area contributed by atoms with Crippen molar-refractivity contribution in [3.63, 3.8) is 0 Å². The number of hydrogen-bond donors (Lipinski definition) is 3. The van der Waals surface area contributed by atoms with Crippen molar-refractivity contribution < 1.29 is 28.2 Å². The summed E-state index contributed by atoms with van der Waals surface area (Å²) >= 11 is 0. The Balaban J connectivity index is 1.51. The number of aromatic nitrogens is 4. The van der Waals surface area contributed by atoms with E-state index in [1.807, 2.05) is 0 Å². The molecule has 3 heterocycles. The van der Waals surface area contributed by atoms with E-state index in [-0.39, 0.29) is 34.6 Å². The van der Waals surface area contributed by atoms with Crippen molar-refractivity contribution in [2.45, 2.75) is 89.0 Å². The molecule has 0 bridgehead atoms. The molecule has 0 radical (unpaired) electrons. The second-order valence-corrected chi connectivity index (χ2v) is 12.0. The Morgan fingerprint density at radius 3 is 2.64 bits per heavy atom. The largest absolute Gasteiger partial charge is 0.443 e. The average Bonchev–Trinajstić information content (AvgIpc) is 3.31. The van der Waals surface area contributed by atoms with E-state index >= 15 is 0 Å². The van der Waals surface area contributed by atoms with Gasteiger partial charge in [0.05, 0.1) is 12.3 Å². The number of halogens is 2. The number of nitrogens with one attached hydrogen (secondary N) is 2. The third-order valence-electron chi connectivity index (χ3n) is 7.39. The van der Waals surface area contributed by atoms with Gasteiger partial charge in [0, 0.05) is 44.2 Å². The number of amides is 2. The van der Waals surface area contributed by atoms with Gasteiger partial charge in [-0.25, -0.2) is 18.6 Å². The maximum absolute atomic E-state index is 13.5. The van der Waals surface area contributed by atoms with Crippen LogP contribution in [0.2, 0.25) is 0 Å². The van der Waals surface area contributed by atoms with E-state index in [1.165, 1.54) is 45.6 Å². The Kier molecular flexibility index (Phi) is 7.68. The van der Waals surface area contributed by atoms with Crippen molar-refractivity contribution >= 4 is 35.0 Å². The Morgan fingerprint density at radius 1 is 1.24 bits per heavy atom. The zero-order chi connectivity index (χ0) is 30.4. The fourth-order valence-electron chi connectivity index (χ4n) is 5.25. The molecule has 0 unspecified atom stereocenters. The minimum atomic E-state index is -2.80. The van der Waals surface area contributed by atoms with Crippen molar-refractivity contribution in [1.82, 2.24) is 24.5 Å². The number of aliphatic hydroxyl groups is 1. The van der Waals surface area contributed by atoms with Crippen LogP contribution in [0.15, 0.2) is 35.4 Å². The molecule has 0 saturated heterocycles. The monoisotopic (exact) mass is 587 g/mol. The maximum Gasteiger partial charge on any atom is 0.415 e. The van der Waals surface area contributed by atoms with E-state index in [2.05, 4.69) is 20.7 Å². The van der Waals surface area contributed by atoms with Gasteiger partial charge >= 0.3 is 6.09 Å². The number of pyridine rings is 1. The molecule has 12 nitrogen and oxygen atoms in total. The minimum absolute atomic E-state index is 0.0807. The maximum atomic E-state index is 13.5. The van der Waals surface area contributed by atoms with E-state index in [1.54, 1.807) is 26.8 Å². The highest BCUT2D eigenvalue weighted by molar-refractivity contribution is 6.00. The van der Waals surface area contributed by atoms with Gasteiger partial charge < -0.3 is 25.0 Å². The van der Waals surface area contributed by atoms with Crippen LogP contribution in [0.4, 0.5) is 30.9 Å². The van der Waals surface area contributed by atoms with Gasteiger partial charge in [0.15, 0.2) is 5.65 Å².